The van der Waals surface area contributed by atoms with Crippen molar-refractivity contribution in [2.24, 2.45) is 5.92 Å². The van der Waals surface area contributed by atoms with E-state index in [1.165, 1.54) is 10.4 Å². The Morgan fingerprint density at radius 3 is 2.58 bits per heavy atom. The molecule has 2 heterocycles. The lowest BCUT2D eigenvalue weighted by molar-refractivity contribution is -0.126. The number of methoxy groups -OCH3 is 1. The van der Waals surface area contributed by atoms with Crippen LogP contribution in [0.5, 0.6) is 17.2 Å². The predicted octanol–water partition coefficient (Wildman–Crippen LogP) is 2.62. The highest BCUT2D eigenvalue weighted by Gasteiger charge is 2.32. The Hall–Kier alpha value is -2.78. The minimum atomic E-state index is -3.67. The first-order valence-electron chi connectivity index (χ1n) is 11.3. The summed E-state index contributed by atoms with van der Waals surface area (Å²) in [4.78, 5) is 12.8. The van der Waals surface area contributed by atoms with E-state index in [0.717, 1.165) is 17.7 Å². The molecule has 0 atom stereocenters. The van der Waals surface area contributed by atoms with Gasteiger partial charge in [0.25, 0.3) is 0 Å². The van der Waals surface area contributed by atoms with Crippen molar-refractivity contribution in [2.75, 3.05) is 40.0 Å². The lowest BCUT2D eigenvalue weighted by atomic mass is 9.97. The van der Waals surface area contributed by atoms with E-state index in [-0.39, 0.29) is 16.7 Å². The number of nitrogens with one attached hydrogen (secondary N) is 1. The van der Waals surface area contributed by atoms with Crippen LogP contribution in [0, 0.1) is 5.92 Å². The molecule has 8 nitrogen and oxygen atoms in total. The van der Waals surface area contributed by atoms with Crippen LogP contribution in [0.25, 0.3) is 0 Å². The fourth-order valence-corrected chi connectivity index (χ4v) is 5.67. The molecule has 0 unspecified atom stereocenters. The van der Waals surface area contributed by atoms with Crippen molar-refractivity contribution in [1.29, 1.82) is 0 Å². The third kappa shape index (κ3) is 5.42. The smallest absolute Gasteiger partial charge is 0.243 e. The van der Waals surface area contributed by atoms with Gasteiger partial charge in [0.1, 0.15) is 5.75 Å². The fraction of sp³-hybridized carbons (Fsp3) is 0.458. The van der Waals surface area contributed by atoms with E-state index >= 15 is 0 Å². The summed E-state index contributed by atoms with van der Waals surface area (Å²) in [6, 6.07) is 12.5. The highest BCUT2D eigenvalue weighted by molar-refractivity contribution is 7.89. The van der Waals surface area contributed by atoms with E-state index < -0.39 is 10.0 Å². The summed E-state index contributed by atoms with van der Waals surface area (Å²) in [5, 5.41) is 2.98. The summed E-state index contributed by atoms with van der Waals surface area (Å²) >= 11 is 0. The van der Waals surface area contributed by atoms with Crippen LogP contribution < -0.4 is 19.5 Å². The van der Waals surface area contributed by atoms with Crippen LogP contribution in [0.2, 0.25) is 0 Å². The number of hydrogen-bond acceptors (Lipinski definition) is 6. The van der Waals surface area contributed by atoms with Gasteiger partial charge in [0.05, 0.1) is 25.2 Å². The molecule has 1 fully saturated rings. The number of fused-ring (bicyclic) bond motifs is 1. The molecule has 1 saturated heterocycles. The number of rotatable bonds is 7. The lowest BCUT2D eigenvalue weighted by Crippen LogP contribution is -2.43. The van der Waals surface area contributed by atoms with Gasteiger partial charge in [0, 0.05) is 38.0 Å². The topological polar surface area (TPSA) is 94.2 Å². The molecule has 2 aliphatic heterocycles. The molecule has 4 rings (SSSR count). The second kappa shape index (κ2) is 10.4. The van der Waals surface area contributed by atoms with Gasteiger partial charge in [0.15, 0.2) is 11.5 Å². The fourth-order valence-electron chi connectivity index (χ4n) is 4.19. The summed E-state index contributed by atoms with van der Waals surface area (Å²) in [7, 11) is -2.03. The van der Waals surface area contributed by atoms with Crippen LogP contribution in [0.4, 0.5) is 0 Å². The molecule has 1 amide bonds. The molecule has 0 saturated carbocycles. The summed E-state index contributed by atoms with van der Waals surface area (Å²) in [5.41, 5.74) is 1.04. The number of carbonyl (C=O) groups excluding carboxylic acids is 1. The number of carbonyl (C=O) groups is 1. The Kier molecular flexibility index (Phi) is 7.39. The molecular weight excluding hydrogens is 444 g/mol. The van der Waals surface area contributed by atoms with Gasteiger partial charge in [-0.25, -0.2) is 8.42 Å². The number of amides is 1. The van der Waals surface area contributed by atoms with Crippen molar-refractivity contribution < 1.29 is 27.4 Å². The number of piperidine rings is 1. The van der Waals surface area contributed by atoms with Crippen LogP contribution in [0.3, 0.4) is 0 Å². The molecule has 178 valence electrons. The molecule has 33 heavy (non-hydrogen) atoms. The molecule has 2 aromatic carbocycles. The molecule has 1 N–H and O–H groups in total. The minimum absolute atomic E-state index is 0.0301. The molecule has 0 aromatic heterocycles. The highest BCUT2D eigenvalue weighted by Crippen LogP contribution is 2.33. The standard InChI is InChI=1S/C24H30N2O6S/c1-30-21-6-3-2-5-18(21)9-12-25-24(27)19-10-13-26(14-11-19)33(28,29)20-7-8-22-23(17-20)32-16-4-15-31-22/h2-3,5-8,17,19H,4,9-16H2,1H3,(H,25,27). The van der Waals surface area contributed by atoms with E-state index in [1.807, 2.05) is 24.3 Å². The Morgan fingerprint density at radius 1 is 1.09 bits per heavy atom. The Bertz CT molecular complexity index is 1080. The molecule has 0 spiro atoms. The van der Waals surface area contributed by atoms with E-state index in [2.05, 4.69) is 5.32 Å². The first-order valence-corrected chi connectivity index (χ1v) is 12.7. The maximum atomic E-state index is 13.1. The predicted molar refractivity (Wildman–Crippen MR) is 123 cm³/mol. The number of hydrogen-bond donors (Lipinski definition) is 1. The summed E-state index contributed by atoms with van der Waals surface area (Å²) in [5.74, 6) is 1.60. The van der Waals surface area contributed by atoms with Crippen LogP contribution >= 0.6 is 0 Å². The number of nitrogens with zero attached hydrogens (tertiary/aromatic N) is 1. The van der Waals surface area contributed by atoms with Crippen molar-refractivity contribution >= 4 is 15.9 Å². The van der Waals surface area contributed by atoms with E-state index in [4.69, 9.17) is 14.2 Å². The molecule has 0 bridgehead atoms. The average molecular weight is 475 g/mol. The zero-order valence-electron chi connectivity index (χ0n) is 18.8. The van der Waals surface area contributed by atoms with Gasteiger partial charge in [-0.2, -0.15) is 4.31 Å². The third-order valence-corrected chi connectivity index (χ3v) is 7.96. The van der Waals surface area contributed by atoms with E-state index in [9.17, 15) is 13.2 Å². The zero-order valence-corrected chi connectivity index (χ0v) is 19.6. The van der Waals surface area contributed by atoms with Gasteiger partial charge < -0.3 is 19.5 Å². The summed E-state index contributed by atoms with van der Waals surface area (Å²) < 4.78 is 44.3. The van der Waals surface area contributed by atoms with Gasteiger partial charge in [-0.1, -0.05) is 18.2 Å². The molecule has 9 heteroatoms. The first kappa shape index (κ1) is 23.4. The monoisotopic (exact) mass is 474 g/mol. The Balaban J connectivity index is 1.30. The summed E-state index contributed by atoms with van der Waals surface area (Å²) in [6.45, 7) is 2.17. The Labute approximate surface area is 194 Å². The maximum absolute atomic E-state index is 13.1. The average Bonchev–Trinajstić information content (AvgIpc) is 3.09. The van der Waals surface area contributed by atoms with Gasteiger partial charge in [0.2, 0.25) is 15.9 Å². The maximum Gasteiger partial charge on any atom is 0.243 e. The number of ether oxygens (including phenoxy) is 3. The largest absolute Gasteiger partial charge is 0.496 e. The number of benzene rings is 2. The van der Waals surface area contributed by atoms with Crippen LogP contribution in [-0.2, 0) is 21.2 Å². The quantitative estimate of drug-likeness (QED) is 0.663. The summed E-state index contributed by atoms with van der Waals surface area (Å²) in [6.07, 6.45) is 2.41. The molecule has 2 aliphatic rings. The first-order chi connectivity index (χ1) is 16.0. The Morgan fingerprint density at radius 2 is 1.82 bits per heavy atom. The third-order valence-electron chi connectivity index (χ3n) is 6.07. The van der Waals surface area contributed by atoms with Crippen LogP contribution in [0.15, 0.2) is 47.4 Å². The van der Waals surface area contributed by atoms with Crippen molar-refractivity contribution in [3.63, 3.8) is 0 Å². The SMILES string of the molecule is COc1ccccc1CCNC(=O)C1CCN(S(=O)(=O)c2ccc3c(c2)OCCCO3)CC1. The lowest BCUT2D eigenvalue weighted by Gasteiger charge is -2.30. The number of sulfonamides is 1. The van der Waals surface area contributed by atoms with Gasteiger partial charge in [-0.05, 0) is 43.0 Å². The molecule has 0 aliphatic carbocycles. The zero-order chi connectivity index (χ0) is 23.3. The second-order valence-corrected chi connectivity index (χ2v) is 10.1. The highest BCUT2D eigenvalue weighted by atomic mass is 32.2. The van der Waals surface area contributed by atoms with Crippen molar-refractivity contribution in [3.05, 3.63) is 48.0 Å². The van der Waals surface area contributed by atoms with E-state index in [1.54, 1.807) is 19.2 Å². The van der Waals surface area contributed by atoms with Gasteiger partial charge in [-0.15, -0.1) is 0 Å². The molecule has 2 aromatic rings. The normalized spacial score (nSPS) is 17.2. The minimum Gasteiger partial charge on any atom is -0.496 e. The van der Waals surface area contributed by atoms with Crippen molar-refractivity contribution in [2.45, 2.75) is 30.6 Å². The van der Waals surface area contributed by atoms with Gasteiger partial charge >= 0.3 is 0 Å². The molecule has 0 radical (unpaired) electrons. The van der Waals surface area contributed by atoms with Gasteiger partial charge in [-0.3, -0.25) is 4.79 Å². The van der Waals surface area contributed by atoms with E-state index in [0.29, 0.717) is 63.6 Å². The second-order valence-electron chi connectivity index (χ2n) is 8.19. The van der Waals surface area contributed by atoms with Crippen molar-refractivity contribution in [1.82, 2.24) is 9.62 Å². The van der Waals surface area contributed by atoms with Crippen LogP contribution in [0.1, 0.15) is 24.8 Å². The van der Waals surface area contributed by atoms with Crippen LogP contribution in [-0.4, -0.2) is 58.6 Å². The van der Waals surface area contributed by atoms with Crippen molar-refractivity contribution in [3.8, 4) is 17.2 Å². The number of para-hydroxylation sites is 1. The molecular formula is C24H30N2O6S.